The summed E-state index contributed by atoms with van der Waals surface area (Å²) in [6.45, 7) is 2.87. The zero-order valence-corrected chi connectivity index (χ0v) is 17.6. The molecule has 0 aromatic heterocycles. The Hall–Kier alpha value is -0.610. The summed E-state index contributed by atoms with van der Waals surface area (Å²) in [6, 6.07) is 0. The summed E-state index contributed by atoms with van der Waals surface area (Å²) in [5.41, 5.74) is 0. The molecule has 2 heterocycles. The van der Waals surface area contributed by atoms with Crippen LogP contribution in [0.1, 0.15) is 13.8 Å². The van der Waals surface area contributed by atoms with Crippen molar-refractivity contribution >= 4 is 10.4 Å². The van der Waals surface area contributed by atoms with Gasteiger partial charge in [0.2, 0.25) is 10.4 Å². The topological polar surface area (TPSA) is 216 Å². The van der Waals surface area contributed by atoms with Crippen molar-refractivity contribution in [2.24, 2.45) is 0 Å². The Labute approximate surface area is 177 Å². The Morgan fingerprint density at radius 2 is 1.35 bits per heavy atom. The van der Waals surface area contributed by atoms with E-state index >= 15 is 0 Å². The molecule has 2 saturated heterocycles. The van der Waals surface area contributed by atoms with E-state index in [-0.39, 0.29) is 0 Å². The van der Waals surface area contributed by atoms with Gasteiger partial charge in [-0.3, -0.25) is 14.3 Å². The summed E-state index contributed by atoms with van der Waals surface area (Å²) in [6.07, 6.45) is -14.0. The lowest BCUT2D eigenvalue weighted by molar-refractivity contribution is -0.810. The van der Waals surface area contributed by atoms with Gasteiger partial charge in [0.25, 0.3) is 0 Å². The third-order valence-corrected chi connectivity index (χ3v) is 5.27. The van der Waals surface area contributed by atoms with Crippen molar-refractivity contribution in [3.8, 4) is 0 Å². The number of hydrogen-bond donors (Lipinski definition) is 1. The maximum absolute atomic E-state index is 11.2. The summed E-state index contributed by atoms with van der Waals surface area (Å²) < 4.78 is 64.7. The van der Waals surface area contributed by atoms with Gasteiger partial charge in [-0.2, -0.15) is 0 Å². The van der Waals surface area contributed by atoms with Crippen LogP contribution in [0.3, 0.4) is 0 Å². The molecule has 31 heavy (non-hydrogen) atoms. The molecule has 0 amide bonds. The fourth-order valence-electron chi connectivity index (χ4n) is 3.44. The molecule has 0 saturated carbocycles. The standard InChI is InChI=1S/C14H26O16S/c1-5-7(15)9(11(26-29-16)13(22-4)23-5)25-14-12(27-30-17)10(28-31(18,19)20)8(21-3)6(2)24-14/h5-17H,1-4H3,(H,18,19,20)/p-3/t5?,6?,7-,8-,9+,10+,11?,12?,13-,14+/m1/s1. The zero-order chi connectivity index (χ0) is 23.3. The minimum Gasteiger partial charge on any atom is -0.726 e. The Balaban J connectivity index is 2.36. The highest BCUT2D eigenvalue weighted by atomic mass is 32.3. The average molecular weight is 479 g/mol. The van der Waals surface area contributed by atoms with E-state index in [1.807, 2.05) is 0 Å². The van der Waals surface area contributed by atoms with Crippen molar-refractivity contribution in [1.29, 1.82) is 0 Å². The Morgan fingerprint density at radius 1 is 0.806 bits per heavy atom. The van der Waals surface area contributed by atoms with Crippen LogP contribution in [0, 0.1) is 0 Å². The van der Waals surface area contributed by atoms with Gasteiger partial charge in [0.1, 0.15) is 24.4 Å². The van der Waals surface area contributed by atoms with E-state index < -0.39 is 71.8 Å². The summed E-state index contributed by atoms with van der Waals surface area (Å²) in [7, 11) is -2.92. The fraction of sp³-hybridized carbons (Fsp3) is 1.00. The lowest BCUT2D eigenvalue weighted by Gasteiger charge is -2.47. The molecule has 2 fully saturated rings. The molecular formula is C14H23O16S-3. The molecule has 0 aromatic rings. The van der Waals surface area contributed by atoms with Crippen LogP contribution < -0.4 is 10.5 Å². The molecule has 0 radical (unpaired) electrons. The molecule has 0 aromatic carbocycles. The van der Waals surface area contributed by atoms with Gasteiger partial charge >= 0.3 is 0 Å². The van der Waals surface area contributed by atoms with Gasteiger partial charge in [-0.1, -0.05) is 0 Å². The molecule has 16 nitrogen and oxygen atoms in total. The summed E-state index contributed by atoms with van der Waals surface area (Å²) in [5, 5.41) is 38.5. The minimum atomic E-state index is -5.30. The average Bonchev–Trinajstić information content (AvgIpc) is 2.69. The second-order valence-electron chi connectivity index (χ2n) is 6.67. The highest BCUT2D eigenvalue weighted by molar-refractivity contribution is 7.80. The third-order valence-electron chi connectivity index (χ3n) is 4.81. The molecule has 10 atom stereocenters. The first-order valence-corrected chi connectivity index (χ1v) is 10.2. The van der Waals surface area contributed by atoms with Crippen molar-refractivity contribution in [3.05, 3.63) is 0 Å². The minimum absolute atomic E-state index is 0.904. The maximum Gasteiger partial charge on any atom is 0.218 e. The first-order chi connectivity index (χ1) is 14.6. The van der Waals surface area contributed by atoms with E-state index in [1.54, 1.807) is 0 Å². The van der Waals surface area contributed by atoms with Crippen LogP contribution in [0.2, 0.25) is 0 Å². The Morgan fingerprint density at radius 3 is 1.84 bits per heavy atom. The summed E-state index contributed by atoms with van der Waals surface area (Å²) in [5.74, 6) is 0. The first kappa shape index (κ1) is 26.6. The van der Waals surface area contributed by atoms with Crippen molar-refractivity contribution in [2.75, 3.05) is 14.2 Å². The quantitative estimate of drug-likeness (QED) is 0.136. The predicted octanol–water partition coefficient (Wildman–Crippen LogP) is -4.09. The zero-order valence-electron chi connectivity index (χ0n) is 16.8. The van der Waals surface area contributed by atoms with Crippen LogP contribution in [0.4, 0.5) is 0 Å². The van der Waals surface area contributed by atoms with Gasteiger partial charge in [0, 0.05) is 14.2 Å². The van der Waals surface area contributed by atoms with Crippen LogP contribution in [0.25, 0.3) is 0 Å². The first-order valence-electron chi connectivity index (χ1n) is 8.82. The van der Waals surface area contributed by atoms with Crippen LogP contribution in [0.5, 0.6) is 0 Å². The number of aliphatic hydroxyl groups is 1. The van der Waals surface area contributed by atoms with E-state index in [9.17, 15) is 28.6 Å². The monoisotopic (exact) mass is 479 g/mol. The van der Waals surface area contributed by atoms with Gasteiger partial charge in [-0.25, -0.2) is 18.2 Å². The smallest absolute Gasteiger partial charge is 0.218 e. The maximum atomic E-state index is 11.2. The number of methoxy groups -OCH3 is 2. The molecule has 2 aliphatic heterocycles. The molecule has 17 heteroatoms. The SMILES string of the molecule is CO[C@@H]1OC(C)[C@@H](O)[C@H](O[C@@H]2OC(C)[C@@H](OC)[C@H](OS(=O)(=O)[O-])C2OO[O-])C1OO[O-]. The molecule has 184 valence electrons. The Kier molecular flexibility index (Phi) is 9.88. The molecule has 0 spiro atoms. The van der Waals surface area contributed by atoms with Crippen LogP contribution in [0.15, 0.2) is 0 Å². The highest BCUT2D eigenvalue weighted by Crippen LogP contribution is 2.33. The second-order valence-corrected chi connectivity index (χ2v) is 7.68. The van der Waals surface area contributed by atoms with Crippen molar-refractivity contribution in [1.82, 2.24) is 0 Å². The van der Waals surface area contributed by atoms with Gasteiger partial charge < -0.3 is 43.9 Å². The highest BCUT2D eigenvalue weighted by Gasteiger charge is 2.53. The molecule has 1 N–H and O–H groups in total. The van der Waals surface area contributed by atoms with Crippen LogP contribution in [-0.4, -0.2) is 93.7 Å². The van der Waals surface area contributed by atoms with Gasteiger partial charge in [-0.15, -0.1) is 0 Å². The van der Waals surface area contributed by atoms with Crippen LogP contribution >= 0.6 is 0 Å². The molecule has 4 unspecified atom stereocenters. The predicted molar refractivity (Wildman–Crippen MR) is 83.8 cm³/mol. The van der Waals surface area contributed by atoms with Crippen molar-refractivity contribution in [2.45, 2.75) is 75.3 Å². The molecule has 0 bridgehead atoms. The largest absolute Gasteiger partial charge is 0.726 e. The number of ether oxygens (including phenoxy) is 5. The summed E-state index contributed by atoms with van der Waals surface area (Å²) >= 11 is 0. The second kappa shape index (κ2) is 11.5. The normalized spacial score (nSPS) is 41.9. The van der Waals surface area contributed by atoms with E-state index in [4.69, 9.17) is 23.7 Å². The van der Waals surface area contributed by atoms with E-state index in [0.717, 1.165) is 7.11 Å². The van der Waals surface area contributed by atoms with E-state index in [0.29, 0.717) is 0 Å². The number of aliphatic hydroxyl groups excluding tert-OH is 1. The number of hydrogen-bond acceptors (Lipinski definition) is 16. The molecule has 2 rings (SSSR count). The van der Waals surface area contributed by atoms with Gasteiger partial charge in [0.15, 0.2) is 24.8 Å². The Bertz CT molecular complexity index is 646. The fourth-order valence-corrected chi connectivity index (χ4v) is 3.93. The number of rotatable bonds is 10. The van der Waals surface area contributed by atoms with Crippen molar-refractivity contribution in [3.63, 3.8) is 0 Å². The van der Waals surface area contributed by atoms with Gasteiger partial charge in [-0.05, 0) is 13.8 Å². The third kappa shape index (κ3) is 6.47. The summed E-state index contributed by atoms with van der Waals surface area (Å²) in [4.78, 5) is 9.04. The molecule has 2 aliphatic rings. The van der Waals surface area contributed by atoms with Gasteiger partial charge in [0.05, 0.1) is 12.2 Å². The van der Waals surface area contributed by atoms with E-state index in [2.05, 4.69) is 24.0 Å². The molecule has 0 aliphatic carbocycles. The lowest BCUT2D eigenvalue weighted by Crippen LogP contribution is -2.65. The van der Waals surface area contributed by atoms with Crippen LogP contribution in [-0.2, 0) is 58.1 Å². The lowest BCUT2D eigenvalue weighted by atomic mass is 9.97. The van der Waals surface area contributed by atoms with E-state index in [1.165, 1.54) is 21.0 Å². The van der Waals surface area contributed by atoms with Crippen molar-refractivity contribution < 1.29 is 76.3 Å². The molecular weight excluding hydrogens is 456 g/mol.